The van der Waals surface area contributed by atoms with E-state index in [0.717, 1.165) is 31.5 Å². The molecule has 3 rings (SSSR count). The van der Waals surface area contributed by atoms with Crippen molar-refractivity contribution in [3.8, 4) is 11.5 Å². The molecule has 0 radical (unpaired) electrons. The highest BCUT2D eigenvalue weighted by molar-refractivity contribution is 5.44. The van der Waals surface area contributed by atoms with Gasteiger partial charge in [0, 0.05) is 6.07 Å². The molecule has 0 saturated carbocycles. The molecule has 0 aliphatic carbocycles. The molecule has 1 aromatic rings. The average Bonchev–Trinajstić information content (AvgIpc) is 2.83. The van der Waals surface area contributed by atoms with Crippen LogP contribution in [-0.2, 0) is 6.42 Å². The maximum atomic E-state index is 13.9. The summed E-state index contributed by atoms with van der Waals surface area (Å²) in [6.07, 6.45) is 1.89. The van der Waals surface area contributed by atoms with Crippen molar-refractivity contribution in [2.45, 2.75) is 12.8 Å². The number of halogens is 1. The Morgan fingerprint density at radius 2 is 2.00 bits per heavy atom. The summed E-state index contributed by atoms with van der Waals surface area (Å²) in [5.74, 6) is 1.56. The van der Waals surface area contributed by atoms with Gasteiger partial charge in [-0.25, -0.2) is 4.39 Å². The predicted molar refractivity (Wildman–Crippen MR) is 62.1 cm³/mol. The Labute approximate surface area is 99.9 Å². The van der Waals surface area contributed by atoms with E-state index in [0.29, 0.717) is 30.6 Å². The lowest BCUT2D eigenvalue weighted by molar-refractivity contribution is 0.170. The third-order valence-electron chi connectivity index (χ3n) is 3.38. The van der Waals surface area contributed by atoms with Crippen LogP contribution in [0.25, 0.3) is 0 Å². The molecule has 0 amide bonds. The Balaban J connectivity index is 1.83. The summed E-state index contributed by atoms with van der Waals surface area (Å²) in [6, 6.07) is 3.24. The molecular weight excluding hydrogens is 221 g/mol. The summed E-state index contributed by atoms with van der Waals surface area (Å²) >= 11 is 0. The molecule has 1 aromatic carbocycles. The second kappa shape index (κ2) is 4.53. The van der Waals surface area contributed by atoms with Crippen LogP contribution in [0.2, 0.25) is 0 Å². The normalized spacial score (nSPS) is 22.8. The van der Waals surface area contributed by atoms with E-state index in [9.17, 15) is 4.39 Å². The molecule has 1 N–H and O–H groups in total. The van der Waals surface area contributed by atoms with Gasteiger partial charge in [0.25, 0.3) is 0 Å². The second-order valence-corrected chi connectivity index (χ2v) is 4.65. The van der Waals surface area contributed by atoms with Gasteiger partial charge in [0.1, 0.15) is 19.0 Å². The number of ether oxygens (including phenoxy) is 2. The lowest BCUT2D eigenvalue weighted by Gasteiger charge is -2.20. The second-order valence-electron chi connectivity index (χ2n) is 4.65. The van der Waals surface area contributed by atoms with Crippen molar-refractivity contribution in [3.63, 3.8) is 0 Å². The Morgan fingerprint density at radius 3 is 2.71 bits per heavy atom. The van der Waals surface area contributed by atoms with E-state index in [1.165, 1.54) is 6.07 Å². The summed E-state index contributed by atoms with van der Waals surface area (Å²) in [4.78, 5) is 0. The fourth-order valence-corrected chi connectivity index (χ4v) is 2.46. The molecule has 1 saturated heterocycles. The van der Waals surface area contributed by atoms with Crippen molar-refractivity contribution < 1.29 is 13.9 Å². The van der Waals surface area contributed by atoms with E-state index in [-0.39, 0.29) is 5.82 Å². The molecular formula is C13H16FNO2. The number of nitrogens with one attached hydrogen (secondary N) is 1. The first kappa shape index (κ1) is 10.8. The van der Waals surface area contributed by atoms with E-state index in [1.807, 2.05) is 0 Å². The van der Waals surface area contributed by atoms with Gasteiger partial charge in [-0.2, -0.15) is 0 Å². The van der Waals surface area contributed by atoms with Gasteiger partial charge < -0.3 is 14.8 Å². The monoisotopic (exact) mass is 237 g/mol. The molecule has 92 valence electrons. The SMILES string of the molecule is Fc1cc2c(cc1CC1CCNC1)OCCO2. The van der Waals surface area contributed by atoms with Crippen LogP contribution in [0.1, 0.15) is 12.0 Å². The van der Waals surface area contributed by atoms with E-state index >= 15 is 0 Å². The molecule has 1 fully saturated rings. The average molecular weight is 237 g/mol. The molecule has 0 aromatic heterocycles. The van der Waals surface area contributed by atoms with E-state index < -0.39 is 0 Å². The van der Waals surface area contributed by atoms with Gasteiger partial charge in [-0.05, 0) is 43.5 Å². The lowest BCUT2D eigenvalue weighted by Crippen LogP contribution is -2.16. The summed E-state index contributed by atoms with van der Waals surface area (Å²) in [7, 11) is 0. The first-order chi connectivity index (χ1) is 8.33. The van der Waals surface area contributed by atoms with Crippen molar-refractivity contribution in [2.24, 2.45) is 5.92 Å². The highest BCUT2D eigenvalue weighted by Gasteiger charge is 2.20. The van der Waals surface area contributed by atoms with Crippen LogP contribution >= 0.6 is 0 Å². The standard InChI is InChI=1S/C13H16FNO2/c14-11-7-13-12(16-3-4-17-13)6-10(11)5-9-1-2-15-8-9/h6-7,9,15H,1-5,8H2. The molecule has 4 heteroatoms. The molecule has 3 nitrogen and oxygen atoms in total. The van der Waals surface area contributed by atoms with Crippen LogP contribution in [0.3, 0.4) is 0 Å². The van der Waals surface area contributed by atoms with Crippen LogP contribution in [0, 0.1) is 11.7 Å². The number of rotatable bonds is 2. The summed E-state index contributed by atoms with van der Waals surface area (Å²) in [5.41, 5.74) is 0.739. The Morgan fingerprint density at radius 1 is 1.24 bits per heavy atom. The Kier molecular flexibility index (Phi) is 2.89. The van der Waals surface area contributed by atoms with Crippen LogP contribution in [0.4, 0.5) is 4.39 Å². The number of hydrogen-bond donors (Lipinski definition) is 1. The van der Waals surface area contributed by atoms with Gasteiger partial charge in [-0.3, -0.25) is 0 Å². The number of fused-ring (bicyclic) bond motifs is 1. The Bertz CT molecular complexity index is 416. The minimum atomic E-state index is -0.179. The molecule has 0 bridgehead atoms. The molecule has 1 atom stereocenters. The van der Waals surface area contributed by atoms with Gasteiger partial charge >= 0.3 is 0 Å². The van der Waals surface area contributed by atoms with Crippen molar-refractivity contribution >= 4 is 0 Å². The van der Waals surface area contributed by atoms with Gasteiger partial charge in [-0.15, -0.1) is 0 Å². The zero-order chi connectivity index (χ0) is 11.7. The highest BCUT2D eigenvalue weighted by atomic mass is 19.1. The highest BCUT2D eigenvalue weighted by Crippen LogP contribution is 2.33. The van der Waals surface area contributed by atoms with E-state index in [2.05, 4.69) is 5.32 Å². The van der Waals surface area contributed by atoms with Crippen molar-refractivity contribution in [2.75, 3.05) is 26.3 Å². The lowest BCUT2D eigenvalue weighted by atomic mass is 9.98. The minimum absolute atomic E-state index is 0.179. The molecule has 0 spiro atoms. The first-order valence-corrected chi connectivity index (χ1v) is 6.11. The van der Waals surface area contributed by atoms with Crippen LogP contribution in [-0.4, -0.2) is 26.3 Å². The van der Waals surface area contributed by atoms with Gasteiger partial charge in [0.05, 0.1) is 0 Å². The molecule has 1 unspecified atom stereocenters. The minimum Gasteiger partial charge on any atom is -0.486 e. The quantitative estimate of drug-likeness (QED) is 0.850. The van der Waals surface area contributed by atoms with Gasteiger partial charge in [0.2, 0.25) is 0 Å². The Hall–Kier alpha value is -1.29. The maximum absolute atomic E-state index is 13.9. The zero-order valence-corrected chi connectivity index (χ0v) is 9.67. The van der Waals surface area contributed by atoms with Crippen molar-refractivity contribution in [3.05, 3.63) is 23.5 Å². The molecule has 2 heterocycles. The smallest absolute Gasteiger partial charge is 0.164 e. The fraction of sp³-hybridized carbons (Fsp3) is 0.538. The van der Waals surface area contributed by atoms with Crippen LogP contribution < -0.4 is 14.8 Å². The van der Waals surface area contributed by atoms with E-state index in [4.69, 9.17) is 9.47 Å². The summed E-state index contributed by atoms with van der Waals surface area (Å²) < 4.78 is 24.7. The van der Waals surface area contributed by atoms with Crippen molar-refractivity contribution in [1.29, 1.82) is 0 Å². The van der Waals surface area contributed by atoms with Crippen molar-refractivity contribution in [1.82, 2.24) is 5.32 Å². The fourth-order valence-electron chi connectivity index (χ4n) is 2.46. The first-order valence-electron chi connectivity index (χ1n) is 6.11. The van der Waals surface area contributed by atoms with Gasteiger partial charge in [-0.1, -0.05) is 0 Å². The third-order valence-corrected chi connectivity index (χ3v) is 3.38. The number of hydrogen-bond acceptors (Lipinski definition) is 3. The summed E-state index contributed by atoms with van der Waals surface area (Å²) in [5, 5.41) is 3.30. The molecule has 17 heavy (non-hydrogen) atoms. The largest absolute Gasteiger partial charge is 0.486 e. The van der Waals surface area contributed by atoms with Crippen LogP contribution in [0.15, 0.2) is 12.1 Å². The van der Waals surface area contributed by atoms with Gasteiger partial charge in [0.15, 0.2) is 11.5 Å². The topological polar surface area (TPSA) is 30.5 Å². The predicted octanol–water partition coefficient (Wildman–Crippen LogP) is 1.75. The summed E-state index contributed by atoms with van der Waals surface area (Å²) in [6.45, 7) is 3.06. The number of benzene rings is 1. The van der Waals surface area contributed by atoms with E-state index in [1.54, 1.807) is 6.07 Å². The maximum Gasteiger partial charge on any atom is 0.164 e. The zero-order valence-electron chi connectivity index (χ0n) is 9.67. The molecule has 2 aliphatic heterocycles. The van der Waals surface area contributed by atoms with Crippen LogP contribution in [0.5, 0.6) is 11.5 Å². The third kappa shape index (κ3) is 2.22. The molecule has 2 aliphatic rings.